The largest absolute Gasteiger partial charge is 0.476 e. The van der Waals surface area contributed by atoms with E-state index in [1.165, 1.54) is 0 Å². The highest BCUT2D eigenvalue weighted by Crippen LogP contribution is 2.24. The molecule has 0 fully saturated rings. The van der Waals surface area contributed by atoms with Gasteiger partial charge in [0.25, 0.3) is 0 Å². The fraction of sp³-hybridized carbons (Fsp3) is 0.375. The third-order valence-corrected chi connectivity index (χ3v) is 5.39. The number of carbonyl (C=O) groups excluding carboxylic acids is 1. The first kappa shape index (κ1) is 23.7. The summed E-state index contributed by atoms with van der Waals surface area (Å²) >= 11 is 0. The van der Waals surface area contributed by atoms with Crippen LogP contribution in [0.15, 0.2) is 54.7 Å². The van der Waals surface area contributed by atoms with Gasteiger partial charge in [-0.05, 0) is 75.6 Å². The van der Waals surface area contributed by atoms with Crippen LogP contribution in [-0.2, 0) is 32.6 Å². The summed E-state index contributed by atoms with van der Waals surface area (Å²) in [6, 6.07) is 14.9. The zero-order valence-electron chi connectivity index (χ0n) is 18.8. The van der Waals surface area contributed by atoms with E-state index >= 15 is 0 Å². The van der Waals surface area contributed by atoms with E-state index in [0.717, 1.165) is 42.1 Å². The van der Waals surface area contributed by atoms with Crippen LogP contribution in [0.3, 0.4) is 0 Å². The molecule has 0 spiro atoms. The second kappa shape index (κ2) is 9.65. The third kappa shape index (κ3) is 6.26. The first-order valence-corrected chi connectivity index (χ1v) is 12.3. The number of fused-ring (bicyclic) bond motifs is 1. The smallest absolute Gasteiger partial charge is 0.349 e. The molecule has 0 unspecified atom stereocenters. The van der Waals surface area contributed by atoms with Gasteiger partial charge in [0.2, 0.25) is 0 Å². The van der Waals surface area contributed by atoms with E-state index in [0.29, 0.717) is 18.1 Å². The molecule has 1 heterocycles. The molecule has 0 aliphatic heterocycles. The second-order valence-corrected chi connectivity index (χ2v) is 9.68. The number of carbonyl (C=O) groups is 1. The summed E-state index contributed by atoms with van der Waals surface area (Å²) in [7, 11) is -3.55. The Morgan fingerprint density at radius 3 is 2.56 bits per heavy atom. The van der Waals surface area contributed by atoms with Crippen LogP contribution in [0.5, 0.6) is 11.5 Å². The molecule has 2 aromatic carbocycles. The summed E-state index contributed by atoms with van der Waals surface area (Å²) in [6.07, 6.45) is 4.75. The maximum atomic E-state index is 12.1. The van der Waals surface area contributed by atoms with Gasteiger partial charge in [0, 0.05) is 23.6 Å². The van der Waals surface area contributed by atoms with Crippen LogP contribution < -0.4 is 8.92 Å². The molecule has 0 atom stereocenters. The van der Waals surface area contributed by atoms with E-state index in [1.807, 2.05) is 42.6 Å². The number of hydrogen-bond donors (Lipinski definition) is 0. The maximum Gasteiger partial charge on any atom is 0.349 e. The summed E-state index contributed by atoms with van der Waals surface area (Å²) in [5.41, 5.74) is 1.07. The number of aryl methyl sites for hydroxylation is 2. The Bertz CT molecular complexity index is 1200. The number of esters is 1. The first-order chi connectivity index (χ1) is 15.1. The molecule has 1 aromatic heterocycles. The number of ether oxygens (including phenoxy) is 2. The summed E-state index contributed by atoms with van der Waals surface area (Å²) in [4.78, 5) is 12.1. The van der Waals surface area contributed by atoms with Gasteiger partial charge in [-0.3, -0.25) is 0 Å². The third-order valence-electron chi connectivity index (χ3n) is 4.89. The SMILES string of the molecule is CCOC(=O)C(C)(C)Oc1cccc(CCCn2ccc3cc(OS(C)(=O)=O)ccc32)c1. The minimum Gasteiger partial charge on any atom is -0.476 e. The second-order valence-electron chi connectivity index (χ2n) is 8.10. The van der Waals surface area contributed by atoms with Crippen molar-refractivity contribution in [3.05, 3.63) is 60.3 Å². The Balaban J connectivity index is 1.61. The quantitative estimate of drug-likeness (QED) is 0.331. The Kier molecular flexibility index (Phi) is 7.13. The summed E-state index contributed by atoms with van der Waals surface area (Å²) in [5.74, 6) is 0.542. The van der Waals surface area contributed by atoms with Gasteiger partial charge in [-0.2, -0.15) is 8.42 Å². The molecule has 8 heteroatoms. The van der Waals surface area contributed by atoms with Crippen molar-refractivity contribution in [1.82, 2.24) is 4.57 Å². The van der Waals surface area contributed by atoms with Crippen molar-refractivity contribution in [2.24, 2.45) is 0 Å². The van der Waals surface area contributed by atoms with Crippen molar-refractivity contribution in [2.45, 2.75) is 45.8 Å². The molecule has 0 bridgehead atoms. The van der Waals surface area contributed by atoms with Crippen molar-refractivity contribution < 1.29 is 26.9 Å². The highest BCUT2D eigenvalue weighted by molar-refractivity contribution is 7.86. The lowest BCUT2D eigenvalue weighted by Gasteiger charge is -2.24. The van der Waals surface area contributed by atoms with E-state index in [-0.39, 0.29) is 0 Å². The monoisotopic (exact) mass is 459 g/mol. The molecule has 0 radical (unpaired) electrons. The van der Waals surface area contributed by atoms with E-state index in [1.54, 1.807) is 32.9 Å². The summed E-state index contributed by atoms with van der Waals surface area (Å²) in [5, 5.41) is 0.919. The van der Waals surface area contributed by atoms with Crippen LogP contribution in [-0.4, -0.2) is 37.4 Å². The summed E-state index contributed by atoms with van der Waals surface area (Å²) < 4.78 is 40.7. The fourth-order valence-electron chi connectivity index (χ4n) is 3.46. The van der Waals surface area contributed by atoms with E-state index in [4.69, 9.17) is 13.7 Å². The van der Waals surface area contributed by atoms with Crippen LogP contribution in [0.1, 0.15) is 32.8 Å². The lowest BCUT2D eigenvalue weighted by atomic mass is 10.1. The zero-order valence-corrected chi connectivity index (χ0v) is 19.6. The van der Waals surface area contributed by atoms with Gasteiger partial charge in [-0.15, -0.1) is 0 Å². The zero-order chi connectivity index (χ0) is 23.4. The van der Waals surface area contributed by atoms with Crippen LogP contribution in [0.25, 0.3) is 10.9 Å². The molecule has 0 saturated carbocycles. The number of rotatable bonds is 10. The van der Waals surface area contributed by atoms with Crippen molar-refractivity contribution >= 4 is 27.0 Å². The Morgan fingerprint density at radius 1 is 1.06 bits per heavy atom. The van der Waals surface area contributed by atoms with Crippen LogP contribution >= 0.6 is 0 Å². The van der Waals surface area contributed by atoms with Gasteiger partial charge in [0.15, 0.2) is 5.60 Å². The Labute approximate surface area is 189 Å². The van der Waals surface area contributed by atoms with Gasteiger partial charge < -0.3 is 18.2 Å². The molecule has 0 N–H and O–H groups in total. The molecule has 3 rings (SSSR count). The molecule has 0 amide bonds. The van der Waals surface area contributed by atoms with Gasteiger partial charge in [0.1, 0.15) is 11.5 Å². The standard InChI is InChI=1S/C24H29NO6S/c1-5-29-23(26)24(2,3)30-20-10-6-8-18(16-20)9-7-14-25-15-13-19-17-21(11-12-22(19)25)31-32(4,27)28/h6,8,10-13,15-17H,5,7,9,14H2,1-4H3. The van der Waals surface area contributed by atoms with Crippen LogP contribution in [0.4, 0.5) is 0 Å². The van der Waals surface area contributed by atoms with Gasteiger partial charge in [-0.25, -0.2) is 4.79 Å². The average molecular weight is 460 g/mol. The van der Waals surface area contributed by atoms with E-state index in [2.05, 4.69) is 4.57 Å². The van der Waals surface area contributed by atoms with Crippen molar-refractivity contribution in [3.63, 3.8) is 0 Å². The van der Waals surface area contributed by atoms with Gasteiger partial charge >= 0.3 is 16.1 Å². The lowest BCUT2D eigenvalue weighted by molar-refractivity contribution is -0.158. The molecule has 172 valence electrons. The van der Waals surface area contributed by atoms with Crippen LogP contribution in [0.2, 0.25) is 0 Å². The molecule has 7 nitrogen and oxygen atoms in total. The normalized spacial score (nSPS) is 12.0. The molecule has 0 aliphatic carbocycles. The Hall–Kier alpha value is -3.00. The topological polar surface area (TPSA) is 83.8 Å². The highest BCUT2D eigenvalue weighted by Gasteiger charge is 2.31. The minimum atomic E-state index is -3.55. The highest BCUT2D eigenvalue weighted by atomic mass is 32.2. The molecule has 0 aliphatic rings. The fourth-order valence-corrected chi connectivity index (χ4v) is 3.91. The number of nitrogens with zero attached hydrogens (tertiary/aromatic N) is 1. The van der Waals surface area contributed by atoms with Crippen molar-refractivity contribution in [3.8, 4) is 11.5 Å². The van der Waals surface area contributed by atoms with Crippen LogP contribution in [0, 0.1) is 0 Å². The number of aromatic nitrogens is 1. The molecular formula is C24H29NO6S. The predicted molar refractivity (Wildman–Crippen MR) is 124 cm³/mol. The molecular weight excluding hydrogens is 430 g/mol. The number of benzene rings is 2. The maximum absolute atomic E-state index is 12.1. The molecule has 3 aromatic rings. The summed E-state index contributed by atoms with van der Waals surface area (Å²) in [6.45, 7) is 6.27. The molecule has 0 saturated heterocycles. The van der Waals surface area contributed by atoms with Crippen molar-refractivity contribution in [1.29, 1.82) is 0 Å². The van der Waals surface area contributed by atoms with Crippen molar-refractivity contribution in [2.75, 3.05) is 12.9 Å². The minimum absolute atomic E-state index is 0.306. The van der Waals surface area contributed by atoms with Gasteiger partial charge in [0.05, 0.1) is 12.9 Å². The predicted octanol–water partition coefficient (Wildman–Crippen LogP) is 4.33. The van der Waals surface area contributed by atoms with E-state index < -0.39 is 21.7 Å². The first-order valence-electron chi connectivity index (χ1n) is 10.5. The molecule has 32 heavy (non-hydrogen) atoms. The van der Waals surface area contributed by atoms with E-state index in [9.17, 15) is 13.2 Å². The lowest BCUT2D eigenvalue weighted by Crippen LogP contribution is -2.39. The number of hydrogen-bond acceptors (Lipinski definition) is 6. The van der Waals surface area contributed by atoms with Gasteiger partial charge in [-0.1, -0.05) is 12.1 Å². The average Bonchev–Trinajstić information content (AvgIpc) is 3.09. The Morgan fingerprint density at radius 2 is 1.84 bits per heavy atom.